The lowest BCUT2D eigenvalue weighted by atomic mass is 10.0. The molecule has 2 atom stereocenters. The molecule has 0 heterocycles. The second-order valence-corrected chi connectivity index (χ2v) is 10.5. The van der Waals surface area contributed by atoms with Gasteiger partial charge in [-0.2, -0.15) is 0 Å². The molecule has 0 aromatic heterocycles. The molecule has 0 rings (SSSR count). The number of amides is 2. The summed E-state index contributed by atoms with van der Waals surface area (Å²) in [6.45, 7) is 0.998. The Hall–Kier alpha value is -2.20. The van der Waals surface area contributed by atoms with Gasteiger partial charge in [0.25, 0.3) is 0 Å². The van der Waals surface area contributed by atoms with Gasteiger partial charge in [0.2, 0.25) is 11.8 Å². The Labute approximate surface area is 235 Å². The average Bonchev–Trinajstić information content (AvgIpc) is 2.89. The Morgan fingerprint density at radius 1 is 0.641 bits per heavy atom. The van der Waals surface area contributed by atoms with Gasteiger partial charge < -0.3 is 31.9 Å². The molecule has 0 fully saturated rings. The Morgan fingerprint density at radius 2 is 1.13 bits per heavy atom. The van der Waals surface area contributed by atoms with Crippen LogP contribution in [0.25, 0.3) is 0 Å². The lowest BCUT2D eigenvalue weighted by molar-refractivity contribution is -0.139. The van der Waals surface area contributed by atoms with E-state index in [-0.39, 0.29) is 18.2 Å². The molecule has 0 bridgehead atoms. The summed E-state index contributed by atoms with van der Waals surface area (Å²) >= 11 is 0. The molecular weight excluding hydrogens is 500 g/mol. The first-order chi connectivity index (χ1) is 18.8. The number of carbonyl (C=O) groups is 4. The van der Waals surface area contributed by atoms with Gasteiger partial charge >= 0.3 is 11.9 Å². The number of rotatable bonds is 28. The molecule has 39 heavy (non-hydrogen) atoms. The monoisotopic (exact) mass is 556 g/mol. The summed E-state index contributed by atoms with van der Waals surface area (Å²) in [4.78, 5) is 46.7. The van der Waals surface area contributed by atoms with Crippen LogP contribution in [0.4, 0.5) is 0 Å². The van der Waals surface area contributed by atoms with Crippen LogP contribution in [0.15, 0.2) is 0 Å². The molecule has 0 aromatic rings. The third kappa shape index (κ3) is 23.4. The van der Waals surface area contributed by atoms with E-state index < -0.39 is 24.0 Å². The highest BCUT2D eigenvalue weighted by molar-refractivity contribution is 5.87. The van der Waals surface area contributed by atoms with Crippen molar-refractivity contribution in [2.45, 2.75) is 141 Å². The summed E-state index contributed by atoms with van der Waals surface area (Å²) in [5, 5.41) is 26.2. The number of carbonyl (C=O) groups excluding carboxylic acids is 2. The van der Waals surface area contributed by atoms with Crippen LogP contribution in [0.3, 0.4) is 0 Å². The minimum Gasteiger partial charge on any atom is -0.481 e. The summed E-state index contributed by atoms with van der Waals surface area (Å²) in [5.41, 5.74) is 5.58. The van der Waals surface area contributed by atoms with Crippen molar-refractivity contribution in [3.8, 4) is 0 Å². The Kier molecular flexibility index (Phi) is 24.6. The zero-order valence-electron chi connectivity index (χ0n) is 24.3. The van der Waals surface area contributed by atoms with Crippen molar-refractivity contribution >= 4 is 23.8 Å². The molecule has 0 aliphatic rings. The number of unbranched alkanes of at least 4 members (excludes halogenated alkanes) is 13. The third-order valence-corrected chi connectivity index (χ3v) is 7.01. The van der Waals surface area contributed by atoms with Gasteiger partial charge in [-0.05, 0) is 65.0 Å². The summed E-state index contributed by atoms with van der Waals surface area (Å²) in [7, 11) is 1.62. The Bertz CT molecular complexity index is 662. The van der Waals surface area contributed by atoms with E-state index in [0.29, 0.717) is 45.2 Å². The van der Waals surface area contributed by atoms with E-state index >= 15 is 0 Å². The van der Waals surface area contributed by atoms with Crippen molar-refractivity contribution in [2.75, 3.05) is 20.1 Å². The number of hydrogen-bond donors (Lipinski definition) is 6. The predicted octanol–water partition coefficient (Wildman–Crippen LogP) is 4.11. The van der Waals surface area contributed by atoms with Gasteiger partial charge in [0.15, 0.2) is 0 Å². The third-order valence-electron chi connectivity index (χ3n) is 7.01. The lowest BCUT2D eigenvalue weighted by Crippen LogP contribution is -2.47. The molecule has 228 valence electrons. The first kappa shape index (κ1) is 36.8. The fourth-order valence-corrected chi connectivity index (χ4v) is 4.56. The van der Waals surface area contributed by atoms with Crippen LogP contribution in [0, 0.1) is 0 Å². The second-order valence-electron chi connectivity index (χ2n) is 10.5. The van der Waals surface area contributed by atoms with Crippen molar-refractivity contribution in [1.29, 1.82) is 0 Å². The van der Waals surface area contributed by atoms with Crippen LogP contribution >= 0.6 is 0 Å². The van der Waals surface area contributed by atoms with Gasteiger partial charge in [-0.3, -0.25) is 19.2 Å². The largest absolute Gasteiger partial charge is 0.481 e. The van der Waals surface area contributed by atoms with E-state index in [1.807, 2.05) is 0 Å². The fourth-order valence-electron chi connectivity index (χ4n) is 4.56. The maximum Gasteiger partial charge on any atom is 0.320 e. The van der Waals surface area contributed by atoms with Crippen LogP contribution in [0.2, 0.25) is 0 Å². The van der Waals surface area contributed by atoms with E-state index in [0.717, 1.165) is 51.4 Å². The standard InChI is InChI=1S/C29H56N4O6/c1-31-25(29(38)39)19-15-17-23-32-28(37)24(18-14-16-22-30)33-26(34)20-12-10-8-6-4-2-3-5-7-9-11-13-21-27(35)36/h24-25,31H,2-23,30H2,1H3,(H,32,37)(H,33,34)(H,35,36)(H,38,39)/t24-,25-/m0/s1. The maximum atomic E-state index is 12.7. The van der Waals surface area contributed by atoms with Gasteiger partial charge in [-0.1, -0.05) is 64.2 Å². The molecule has 0 unspecified atom stereocenters. The maximum absolute atomic E-state index is 12.7. The average molecular weight is 557 g/mol. The number of nitrogens with two attached hydrogens (primary N) is 1. The summed E-state index contributed by atoms with van der Waals surface area (Å²) in [6.07, 6.45) is 17.8. The second kappa shape index (κ2) is 26.0. The first-order valence-electron chi connectivity index (χ1n) is 15.2. The van der Waals surface area contributed by atoms with E-state index in [1.165, 1.54) is 38.5 Å². The molecule has 10 nitrogen and oxygen atoms in total. The van der Waals surface area contributed by atoms with E-state index in [4.69, 9.17) is 15.9 Å². The molecular formula is C29H56N4O6. The summed E-state index contributed by atoms with van der Waals surface area (Å²) in [6, 6.07) is -1.14. The number of hydrogen-bond acceptors (Lipinski definition) is 6. The quantitative estimate of drug-likeness (QED) is 0.0782. The number of carboxylic acids is 2. The molecule has 10 heteroatoms. The summed E-state index contributed by atoms with van der Waals surface area (Å²) < 4.78 is 0. The fraction of sp³-hybridized carbons (Fsp3) is 0.862. The van der Waals surface area contributed by atoms with Crippen molar-refractivity contribution in [3.05, 3.63) is 0 Å². The van der Waals surface area contributed by atoms with Gasteiger partial charge in [-0.25, -0.2) is 0 Å². The van der Waals surface area contributed by atoms with E-state index in [2.05, 4.69) is 16.0 Å². The van der Waals surface area contributed by atoms with Crippen LogP contribution in [0.1, 0.15) is 128 Å². The first-order valence-corrected chi connectivity index (χ1v) is 15.2. The zero-order chi connectivity index (χ0) is 29.1. The Balaban J connectivity index is 3.97. The molecule has 2 amide bonds. The highest BCUT2D eigenvalue weighted by atomic mass is 16.4. The molecule has 0 spiro atoms. The van der Waals surface area contributed by atoms with Gasteiger partial charge in [0.05, 0.1) is 0 Å². The minimum atomic E-state index is -0.876. The highest BCUT2D eigenvalue weighted by Crippen LogP contribution is 2.13. The van der Waals surface area contributed by atoms with Gasteiger partial charge in [-0.15, -0.1) is 0 Å². The van der Waals surface area contributed by atoms with Crippen LogP contribution in [-0.4, -0.2) is 66.2 Å². The van der Waals surface area contributed by atoms with E-state index in [9.17, 15) is 19.2 Å². The van der Waals surface area contributed by atoms with Crippen LogP contribution in [0.5, 0.6) is 0 Å². The molecule has 0 aliphatic heterocycles. The SMILES string of the molecule is CN[C@@H](CCCCNC(=O)[C@H](CCCCN)NC(=O)CCCCCCCCCCCCCCC(=O)O)C(=O)O. The van der Waals surface area contributed by atoms with Crippen molar-refractivity contribution < 1.29 is 29.4 Å². The number of nitrogens with one attached hydrogen (secondary N) is 3. The minimum absolute atomic E-state index is 0.0930. The number of likely N-dealkylation sites (N-methyl/N-ethyl adjacent to an activating group) is 1. The molecule has 0 saturated heterocycles. The molecule has 0 saturated carbocycles. The molecule has 7 N–H and O–H groups in total. The molecule has 0 aromatic carbocycles. The van der Waals surface area contributed by atoms with Gasteiger partial charge in [0.1, 0.15) is 12.1 Å². The molecule has 0 radical (unpaired) electrons. The molecule has 0 aliphatic carbocycles. The summed E-state index contributed by atoms with van der Waals surface area (Å²) in [5.74, 6) is -1.86. The number of carboxylic acid groups (broad SMARTS) is 2. The normalized spacial score (nSPS) is 12.6. The lowest BCUT2D eigenvalue weighted by Gasteiger charge is -2.19. The highest BCUT2D eigenvalue weighted by Gasteiger charge is 2.20. The smallest absolute Gasteiger partial charge is 0.320 e. The predicted molar refractivity (Wildman–Crippen MR) is 154 cm³/mol. The van der Waals surface area contributed by atoms with Crippen LogP contribution in [-0.2, 0) is 19.2 Å². The van der Waals surface area contributed by atoms with Crippen molar-refractivity contribution in [3.63, 3.8) is 0 Å². The zero-order valence-corrected chi connectivity index (χ0v) is 24.3. The topological polar surface area (TPSA) is 171 Å². The van der Waals surface area contributed by atoms with E-state index in [1.54, 1.807) is 7.05 Å². The van der Waals surface area contributed by atoms with Crippen molar-refractivity contribution in [1.82, 2.24) is 16.0 Å². The van der Waals surface area contributed by atoms with Gasteiger partial charge in [0, 0.05) is 19.4 Å². The van der Waals surface area contributed by atoms with Crippen molar-refractivity contribution in [2.24, 2.45) is 5.73 Å². The number of aliphatic carboxylic acids is 2. The Morgan fingerprint density at radius 3 is 1.62 bits per heavy atom. The van der Waals surface area contributed by atoms with Crippen LogP contribution < -0.4 is 21.7 Å².